The molecule has 3 fully saturated rings. The lowest BCUT2D eigenvalue weighted by Gasteiger charge is -2.35. The number of carboxylic acids is 6. The molecule has 0 radical (unpaired) electrons. The van der Waals surface area contributed by atoms with E-state index in [4.69, 9.17) is 9.47 Å². The summed E-state index contributed by atoms with van der Waals surface area (Å²) in [5, 5.41) is 150. The number of nitrogens with zero attached hydrogens (tertiary/aromatic N) is 13. The minimum absolute atomic E-state index is 0.0246. The quantitative estimate of drug-likeness (QED) is 0.0244. The number of nitrogens with one attached hydrogen (secondary N) is 4. The van der Waals surface area contributed by atoms with Crippen molar-refractivity contribution in [2.45, 2.75) is 155 Å². The summed E-state index contributed by atoms with van der Waals surface area (Å²) < 4.78 is 13.7. The molecule has 1 unspecified atom stereocenters. The number of rotatable bonds is 53. The number of aromatic nitrogens is 6. The Bertz CT molecular complexity index is 5190. The van der Waals surface area contributed by atoms with Crippen LogP contribution < -0.4 is 21.3 Å². The summed E-state index contributed by atoms with van der Waals surface area (Å²) in [7, 11) is 0. The van der Waals surface area contributed by atoms with Crippen molar-refractivity contribution in [3.63, 3.8) is 0 Å². The average molecular weight is 1930 g/mol. The fourth-order valence-electron chi connectivity index (χ4n) is 16.9. The second-order valence-corrected chi connectivity index (χ2v) is 35.4. The summed E-state index contributed by atoms with van der Waals surface area (Å²) in [6, 6.07) is 16.9. The molecular weight excluding hydrogens is 1800 g/mol. The Balaban J connectivity index is 0.749. The molecule has 9 rings (SSSR count). The third-order valence-electron chi connectivity index (χ3n) is 24.5. The van der Waals surface area contributed by atoms with E-state index in [1.54, 1.807) is 51.1 Å². The monoisotopic (exact) mass is 1930 g/mol. The molecule has 138 heavy (non-hydrogen) atoms. The molecule has 5 atom stereocenters. The summed E-state index contributed by atoms with van der Waals surface area (Å²) in [6.07, 6.45) is -4.58. The third-order valence-corrected chi connectivity index (χ3v) is 24.5. The predicted molar refractivity (Wildman–Crippen MR) is 492 cm³/mol. The van der Waals surface area contributed by atoms with Gasteiger partial charge in [-0.1, -0.05) is 62.2 Å². The van der Waals surface area contributed by atoms with Crippen LogP contribution in [0.5, 0.6) is 35.0 Å². The van der Waals surface area contributed by atoms with E-state index in [1.165, 1.54) is 31.1 Å². The number of hydrogen-bond donors (Lipinski definition) is 16. The Morgan fingerprint density at radius 3 is 1.39 bits per heavy atom. The van der Waals surface area contributed by atoms with Gasteiger partial charge < -0.3 is 102 Å². The molecule has 752 valence electrons. The molecule has 2 aromatic heterocycles. The van der Waals surface area contributed by atoms with Gasteiger partial charge in [-0.3, -0.25) is 91.6 Å². The maximum absolute atomic E-state index is 14.3. The van der Waals surface area contributed by atoms with E-state index in [2.05, 4.69) is 51.5 Å². The topological polar surface area (TPSA) is 632 Å². The maximum atomic E-state index is 14.3. The number of aliphatic carboxylic acids is 6. The Labute approximate surface area is 796 Å². The molecule has 6 aromatic rings. The number of phenolic OH excluding ortho intramolecular Hbond substituents is 4. The van der Waals surface area contributed by atoms with Gasteiger partial charge in [-0.05, 0) is 103 Å². The molecule has 4 aromatic carbocycles. The molecule has 5 heterocycles. The first-order valence-electron chi connectivity index (χ1n) is 46.2. The zero-order valence-corrected chi connectivity index (χ0v) is 78.0. The van der Waals surface area contributed by atoms with Gasteiger partial charge in [0.1, 0.15) is 35.4 Å². The number of carboxylic acid groups (broad SMARTS) is 6. The molecule has 0 aliphatic carbocycles. The smallest absolute Gasteiger partial charge is 0.319 e. The Kier molecular flexibility index (Phi) is 42.1. The molecule has 0 bridgehead atoms. The number of carbonyl (C=O) groups is 14. The average Bonchev–Trinajstić information content (AvgIpc) is 1.63. The minimum Gasteiger partial charge on any atom is -0.508 e. The van der Waals surface area contributed by atoms with Crippen LogP contribution in [0.4, 0.5) is 0 Å². The SMILES string of the molecule is CC(C)c1cc(-c2nnc(O)n2-c2ccc(CN3CCN(C(=O)CCNC(=O)[C@@H](CCC(=O)N4CCN(Cc5ccc(-n6c(O)nnc6-c6cc(C(C)C)c(O)cc6O)cc5)CC4)CC(=O)CCCC(=O)[C@@H](CCC(=O)O)NC(=O)[C@@H](CCC(=O)O)CC(=O)COCCOCCNC(=O)CC[C@H](C(=O)O)C4CN(CC(=O)O)CCN(CC(=O)O)CCN(CC(=O)O)CCN4)CC3)cc2)c(O)cc1O. The lowest BCUT2D eigenvalue weighted by atomic mass is 9.92. The Morgan fingerprint density at radius 1 is 0.435 bits per heavy atom. The van der Waals surface area contributed by atoms with Gasteiger partial charge in [-0.25, -0.2) is 9.13 Å². The highest BCUT2D eigenvalue weighted by Crippen LogP contribution is 2.41. The van der Waals surface area contributed by atoms with E-state index in [0.29, 0.717) is 87.9 Å². The van der Waals surface area contributed by atoms with Crippen molar-refractivity contribution in [1.82, 2.24) is 85.1 Å². The van der Waals surface area contributed by atoms with Crippen LogP contribution in [0.2, 0.25) is 0 Å². The molecule has 3 saturated heterocycles. The summed E-state index contributed by atoms with van der Waals surface area (Å²) in [6.45, 7) is 9.91. The fourth-order valence-corrected chi connectivity index (χ4v) is 16.9. The zero-order chi connectivity index (χ0) is 100. The number of hydrogen-bond acceptors (Lipinski definition) is 32. The number of amides is 5. The van der Waals surface area contributed by atoms with Gasteiger partial charge in [0, 0.05) is 212 Å². The van der Waals surface area contributed by atoms with Gasteiger partial charge in [0.05, 0.1) is 73.9 Å². The summed E-state index contributed by atoms with van der Waals surface area (Å²) in [5.74, 6) is -16.2. The highest BCUT2D eigenvalue weighted by atomic mass is 16.5. The molecular formula is C93H127N17O28. The van der Waals surface area contributed by atoms with Gasteiger partial charge in [0.2, 0.25) is 29.5 Å². The van der Waals surface area contributed by atoms with E-state index in [0.717, 1.165) is 11.1 Å². The largest absolute Gasteiger partial charge is 0.508 e. The number of benzene rings is 4. The van der Waals surface area contributed by atoms with Crippen molar-refractivity contribution in [3.8, 4) is 69.2 Å². The third kappa shape index (κ3) is 33.9. The molecule has 45 heteroatoms. The lowest BCUT2D eigenvalue weighted by Crippen LogP contribution is -2.53. The number of ether oxygens (including phenoxy) is 2. The number of ketones is 3. The summed E-state index contributed by atoms with van der Waals surface area (Å²) >= 11 is 0. The number of carbonyl (C=O) groups excluding carboxylic acids is 8. The van der Waals surface area contributed by atoms with Crippen molar-refractivity contribution in [2.75, 3.05) is 157 Å². The van der Waals surface area contributed by atoms with Crippen LogP contribution in [0.25, 0.3) is 34.2 Å². The van der Waals surface area contributed by atoms with E-state index >= 15 is 0 Å². The second kappa shape index (κ2) is 53.5. The molecule has 3 aliphatic rings. The van der Waals surface area contributed by atoms with Crippen LogP contribution in [-0.4, -0.2) is 377 Å². The van der Waals surface area contributed by atoms with Gasteiger partial charge in [0.15, 0.2) is 23.2 Å². The van der Waals surface area contributed by atoms with E-state index in [1.807, 2.05) is 52.0 Å². The fraction of sp³-hybridized carbons (Fsp3) is 0.548. The standard InChI is InChI=1S/C93H127N17O28/c1-57(2)68-46-70(77(116)48-75(68)114)87-98-100-92(135)109(87)63-14-8-59(9-15-63)50-103-33-37-107(38-34-103)80(119)21-12-61(89(131)96-25-24-81(120)108-39-35-104(36-40-108)51-60-10-16-64(17-11-60)110-88(99-101-93(110)136)71-47-69(58(3)4)76(115)49-78(71)117)44-65(111)6-5-7-74(113)72(19-23-83(123)124)97-90(132)62(13-22-82(121)122)45-66(112)56-138-43-42-137-41-27-95-79(118)20-18-67(91(133)134)73-52-106(55-86(129)130)32-31-105(54-85(127)128)30-29-102(28-26-94-73)53-84(125)126/h8-11,14-17,46-49,57-58,61-62,67,72-73,94,114-117H,5-7,12-13,18-45,50-56H2,1-4H3,(H,95,118)(H,96,131)(H,97,132)(H,100,135)(H,101,136)(H,121,122)(H,123,124)(H,125,126)(H,127,128)(H,129,130)(H,133,134)/t61-,62-,67-,72+,73?/m0/s1. The molecule has 16 N–H and O–H groups in total. The molecule has 0 spiro atoms. The van der Waals surface area contributed by atoms with E-state index < -0.39 is 158 Å². The van der Waals surface area contributed by atoms with Crippen molar-refractivity contribution in [1.29, 1.82) is 0 Å². The van der Waals surface area contributed by atoms with Crippen molar-refractivity contribution in [2.24, 2.45) is 17.8 Å². The van der Waals surface area contributed by atoms with Crippen LogP contribution in [0.3, 0.4) is 0 Å². The van der Waals surface area contributed by atoms with Crippen molar-refractivity contribution in [3.05, 3.63) is 95.1 Å². The first-order chi connectivity index (χ1) is 65.8. The molecule has 45 nitrogen and oxygen atoms in total. The predicted octanol–water partition coefficient (Wildman–Crippen LogP) is 2.80. The first kappa shape index (κ1) is 108. The number of Topliss-reactive ketones (excluding diaryl/α,β-unsaturated/α-hetero) is 3. The van der Waals surface area contributed by atoms with Crippen LogP contribution in [0.15, 0.2) is 72.8 Å². The normalized spacial score (nSPS) is 16.1. The summed E-state index contributed by atoms with van der Waals surface area (Å²) in [5.41, 5.74) is 4.43. The Morgan fingerprint density at radius 2 is 0.891 bits per heavy atom. The van der Waals surface area contributed by atoms with Crippen molar-refractivity contribution < 1.29 is 138 Å². The summed E-state index contributed by atoms with van der Waals surface area (Å²) in [4.78, 5) is 194. The zero-order valence-electron chi connectivity index (χ0n) is 78.0. The number of phenols is 4. The van der Waals surface area contributed by atoms with Crippen LogP contribution in [0.1, 0.15) is 152 Å². The Hall–Kier alpha value is -13.2. The van der Waals surface area contributed by atoms with Crippen LogP contribution in [-0.2, 0) is 89.7 Å². The highest BCUT2D eigenvalue weighted by molar-refractivity contribution is 5.93. The molecule has 5 amide bonds. The highest BCUT2D eigenvalue weighted by Gasteiger charge is 2.36. The van der Waals surface area contributed by atoms with E-state index in [9.17, 15) is 128 Å². The number of aromatic hydroxyl groups is 6. The van der Waals surface area contributed by atoms with Crippen LogP contribution in [0, 0.1) is 17.8 Å². The second-order valence-electron chi connectivity index (χ2n) is 35.4. The molecule has 3 aliphatic heterocycles. The van der Waals surface area contributed by atoms with Crippen molar-refractivity contribution >= 4 is 82.7 Å². The van der Waals surface area contributed by atoms with Crippen LogP contribution >= 0.6 is 0 Å². The number of piperazine rings is 2. The van der Waals surface area contributed by atoms with E-state index in [-0.39, 0.29) is 219 Å². The molecule has 0 saturated carbocycles. The van der Waals surface area contributed by atoms with Gasteiger partial charge in [-0.15, -0.1) is 10.2 Å². The lowest BCUT2D eigenvalue weighted by molar-refractivity contribution is -0.144. The van der Waals surface area contributed by atoms with Gasteiger partial charge in [0.25, 0.3) is 0 Å². The van der Waals surface area contributed by atoms with Gasteiger partial charge >= 0.3 is 47.8 Å². The maximum Gasteiger partial charge on any atom is 0.319 e. The first-order valence-corrected chi connectivity index (χ1v) is 46.2. The minimum atomic E-state index is -1.47. The van der Waals surface area contributed by atoms with Gasteiger partial charge in [-0.2, -0.15) is 0 Å².